The van der Waals surface area contributed by atoms with Gasteiger partial charge in [0.2, 0.25) is 0 Å². The molecule has 2 rings (SSSR count). The van der Waals surface area contributed by atoms with Gasteiger partial charge in [0, 0.05) is 12.5 Å². The highest BCUT2D eigenvalue weighted by molar-refractivity contribution is 5.68. The molecule has 1 heterocycles. The van der Waals surface area contributed by atoms with Gasteiger partial charge in [-0.05, 0) is 11.5 Å². The topological polar surface area (TPSA) is 49.8 Å². The number of aliphatic hydroxyl groups excluding tert-OH is 1. The Morgan fingerprint density at radius 1 is 1.37 bits per heavy atom. The molecular formula is C15H21NO3. The van der Waals surface area contributed by atoms with Gasteiger partial charge in [-0.2, -0.15) is 0 Å². The Kier molecular flexibility index (Phi) is 4.43. The molecule has 1 saturated heterocycles. The second-order valence-electron chi connectivity index (χ2n) is 5.42. The summed E-state index contributed by atoms with van der Waals surface area (Å²) in [5.41, 5.74) is 0.969. The van der Waals surface area contributed by atoms with Crippen LogP contribution in [0.2, 0.25) is 0 Å². The number of amides is 1. The third-order valence-corrected chi connectivity index (χ3v) is 3.65. The fourth-order valence-corrected chi connectivity index (χ4v) is 2.43. The van der Waals surface area contributed by atoms with E-state index in [2.05, 4.69) is 13.8 Å². The van der Waals surface area contributed by atoms with E-state index in [0.29, 0.717) is 19.0 Å². The third kappa shape index (κ3) is 3.47. The molecule has 104 valence electrons. The molecular weight excluding hydrogens is 242 g/mol. The van der Waals surface area contributed by atoms with Crippen LogP contribution in [-0.4, -0.2) is 35.3 Å². The van der Waals surface area contributed by atoms with E-state index in [1.54, 1.807) is 4.90 Å². The normalized spacial score (nSPS) is 22.8. The lowest BCUT2D eigenvalue weighted by atomic mass is 9.93. The number of β-amino-alcohol motifs (C(OH)–C–C–N with tert-alkyl or cyclic N) is 1. The standard InChI is InChI=1S/C15H21NO3/c1-11(2)13-8-16(9-14(13)17)15(18)19-10-12-6-4-3-5-7-12/h3-7,11,13-14,17H,8-10H2,1-2H3/t13-,14+/m0/s1. The average molecular weight is 263 g/mol. The lowest BCUT2D eigenvalue weighted by molar-refractivity contribution is 0.0959. The van der Waals surface area contributed by atoms with Gasteiger partial charge < -0.3 is 14.7 Å². The molecule has 2 atom stereocenters. The first kappa shape index (κ1) is 13.9. The number of nitrogens with zero attached hydrogens (tertiary/aromatic N) is 1. The van der Waals surface area contributed by atoms with E-state index in [1.807, 2.05) is 30.3 Å². The predicted octanol–water partition coefficient (Wildman–Crippen LogP) is 2.27. The maximum Gasteiger partial charge on any atom is 0.410 e. The fourth-order valence-electron chi connectivity index (χ4n) is 2.43. The van der Waals surface area contributed by atoms with E-state index in [4.69, 9.17) is 4.74 Å². The zero-order valence-electron chi connectivity index (χ0n) is 11.5. The van der Waals surface area contributed by atoms with Crippen molar-refractivity contribution < 1.29 is 14.6 Å². The number of benzene rings is 1. The molecule has 1 aromatic rings. The van der Waals surface area contributed by atoms with Crippen molar-refractivity contribution in [3.8, 4) is 0 Å². The molecule has 0 bridgehead atoms. The van der Waals surface area contributed by atoms with Crippen LogP contribution in [0.25, 0.3) is 0 Å². The van der Waals surface area contributed by atoms with Gasteiger partial charge in [-0.1, -0.05) is 44.2 Å². The van der Waals surface area contributed by atoms with Gasteiger partial charge in [-0.15, -0.1) is 0 Å². The Morgan fingerprint density at radius 3 is 2.63 bits per heavy atom. The van der Waals surface area contributed by atoms with Crippen LogP contribution in [0.4, 0.5) is 4.79 Å². The van der Waals surface area contributed by atoms with Crippen molar-refractivity contribution in [1.82, 2.24) is 4.90 Å². The van der Waals surface area contributed by atoms with Crippen LogP contribution < -0.4 is 0 Å². The van der Waals surface area contributed by atoms with Crippen LogP contribution in [0.1, 0.15) is 19.4 Å². The Bertz CT molecular complexity index is 419. The molecule has 1 aliphatic rings. The summed E-state index contributed by atoms with van der Waals surface area (Å²) in [5, 5.41) is 9.91. The zero-order chi connectivity index (χ0) is 13.8. The second kappa shape index (κ2) is 6.06. The fraction of sp³-hybridized carbons (Fsp3) is 0.533. The quantitative estimate of drug-likeness (QED) is 0.910. The van der Waals surface area contributed by atoms with E-state index < -0.39 is 6.10 Å². The summed E-state index contributed by atoms with van der Waals surface area (Å²) in [6, 6.07) is 9.59. The van der Waals surface area contributed by atoms with Crippen molar-refractivity contribution >= 4 is 6.09 Å². The molecule has 0 radical (unpaired) electrons. The first-order valence-electron chi connectivity index (χ1n) is 6.71. The number of aliphatic hydroxyl groups is 1. The largest absolute Gasteiger partial charge is 0.445 e. The van der Waals surface area contributed by atoms with Gasteiger partial charge >= 0.3 is 6.09 Å². The van der Waals surface area contributed by atoms with Gasteiger partial charge in [-0.25, -0.2) is 4.79 Å². The molecule has 1 aromatic carbocycles. The Morgan fingerprint density at radius 2 is 2.05 bits per heavy atom. The number of hydrogen-bond donors (Lipinski definition) is 1. The van der Waals surface area contributed by atoms with Gasteiger partial charge in [0.25, 0.3) is 0 Å². The minimum atomic E-state index is -0.440. The van der Waals surface area contributed by atoms with Crippen molar-refractivity contribution in [2.75, 3.05) is 13.1 Å². The SMILES string of the molecule is CC(C)[C@@H]1CN(C(=O)OCc2ccccc2)C[C@H]1O. The number of rotatable bonds is 3. The molecule has 0 unspecified atom stereocenters. The van der Waals surface area contributed by atoms with Crippen molar-refractivity contribution in [2.45, 2.75) is 26.6 Å². The van der Waals surface area contributed by atoms with E-state index in [-0.39, 0.29) is 18.6 Å². The lowest BCUT2D eigenvalue weighted by Crippen LogP contribution is -2.30. The molecule has 4 nitrogen and oxygen atoms in total. The van der Waals surface area contributed by atoms with E-state index in [0.717, 1.165) is 5.56 Å². The molecule has 1 amide bonds. The van der Waals surface area contributed by atoms with Crippen LogP contribution in [0.5, 0.6) is 0 Å². The van der Waals surface area contributed by atoms with Gasteiger partial charge in [0.15, 0.2) is 0 Å². The molecule has 4 heteroatoms. The summed E-state index contributed by atoms with van der Waals surface area (Å²) in [5.74, 6) is 0.506. The molecule has 1 fully saturated rings. The maximum atomic E-state index is 11.9. The molecule has 0 saturated carbocycles. The van der Waals surface area contributed by atoms with Crippen LogP contribution in [0.15, 0.2) is 30.3 Å². The highest BCUT2D eigenvalue weighted by atomic mass is 16.6. The molecule has 19 heavy (non-hydrogen) atoms. The Hall–Kier alpha value is -1.55. The van der Waals surface area contributed by atoms with Gasteiger partial charge in [-0.3, -0.25) is 0 Å². The van der Waals surface area contributed by atoms with Crippen molar-refractivity contribution in [1.29, 1.82) is 0 Å². The lowest BCUT2D eigenvalue weighted by Gasteiger charge is -2.18. The minimum absolute atomic E-state index is 0.143. The molecule has 1 aliphatic heterocycles. The monoisotopic (exact) mass is 263 g/mol. The van der Waals surface area contributed by atoms with Crippen molar-refractivity contribution in [2.24, 2.45) is 11.8 Å². The summed E-state index contributed by atoms with van der Waals surface area (Å²) >= 11 is 0. The van der Waals surface area contributed by atoms with E-state index in [9.17, 15) is 9.90 Å². The highest BCUT2D eigenvalue weighted by Crippen LogP contribution is 2.24. The number of carbonyl (C=O) groups is 1. The van der Waals surface area contributed by atoms with Crippen LogP contribution in [0, 0.1) is 11.8 Å². The molecule has 0 aromatic heterocycles. The zero-order valence-corrected chi connectivity index (χ0v) is 11.5. The van der Waals surface area contributed by atoms with Crippen LogP contribution in [0.3, 0.4) is 0 Å². The molecule has 0 aliphatic carbocycles. The summed E-state index contributed by atoms with van der Waals surface area (Å²) < 4.78 is 5.26. The van der Waals surface area contributed by atoms with Crippen LogP contribution >= 0.6 is 0 Å². The van der Waals surface area contributed by atoms with E-state index >= 15 is 0 Å². The predicted molar refractivity (Wildman–Crippen MR) is 72.5 cm³/mol. The van der Waals surface area contributed by atoms with Crippen molar-refractivity contribution in [3.05, 3.63) is 35.9 Å². The number of ether oxygens (including phenoxy) is 1. The Balaban J connectivity index is 1.85. The van der Waals surface area contributed by atoms with Gasteiger partial charge in [0.05, 0.1) is 12.6 Å². The summed E-state index contributed by atoms with van der Waals surface area (Å²) in [7, 11) is 0. The Labute approximate surface area is 114 Å². The molecule has 0 spiro atoms. The molecule has 1 N–H and O–H groups in total. The summed E-state index contributed by atoms with van der Waals surface area (Å²) in [6.07, 6.45) is -0.782. The van der Waals surface area contributed by atoms with E-state index in [1.165, 1.54) is 0 Å². The van der Waals surface area contributed by atoms with Gasteiger partial charge in [0.1, 0.15) is 6.61 Å². The number of hydrogen-bond acceptors (Lipinski definition) is 3. The third-order valence-electron chi connectivity index (χ3n) is 3.65. The smallest absolute Gasteiger partial charge is 0.410 e. The number of likely N-dealkylation sites (tertiary alicyclic amines) is 1. The summed E-state index contributed by atoms with van der Waals surface area (Å²) in [4.78, 5) is 13.5. The average Bonchev–Trinajstić information content (AvgIpc) is 2.79. The maximum absolute atomic E-state index is 11.9. The van der Waals surface area contributed by atoms with Crippen LogP contribution in [-0.2, 0) is 11.3 Å². The van der Waals surface area contributed by atoms with Crippen molar-refractivity contribution in [3.63, 3.8) is 0 Å². The minimum Gasteiger partial charge on any atom is -0.445 e. The highest BCUT2D eigenvalue weighted by Gasteiger charge is 2.36. The first-order chi connectivity index (χ1) is 9.08. The first-order valence-corrected chi connectivity index (χ1v) is 6.71. The summed E-state index contributed by atoms with van der Waals surface area (Å²) in [6.45, 7) is 5.35. The number of carbonyl (C=O) groups excluding carboxylic acids is 1. The second-order valence-corrected chi connectivity index (χ2v) is 5.42.